The van der Waals surface area contributed by atoms with Gasteiger partial charge in [-0.25, -0.2) is 4.79 Å². The zero-order valence-electron chi connectivity index (χ0n) is 12.6. The molecule has 1 heterocycles. The number of carbonyl (C=O) groups excluding carboxylic acids is 1. The first kappa shape index (κ1) is 15.6. The number of amides is 1. The normalized spacial score (nSPS) is 10.3. The van der Waals surface area contributed by atoms with Crippen LogP contribution in [0.25, 0.3) is 0 Å². The summed E-state index contributed by atoms with van der Waals surface area (Å²) in [6, 6.07) is 6.36. The maximum absolute atomic E-state index is 12.2. The molecule has 1 amide bonds. The van der Waals surface area contributed by atoms with Crippen LogP contribution in [0.15, 0.2) is 28.7 Å². The smallest absolute Gasteiger partial charge is 0.371 e. The zero-order valence-corrected chi connectivity index (χ0v) is 12.6. The Morgan fingerprint density at radius 3 is 2.36 bits per heavy atom. The highest BCUT2D eigenvalue weighted by atomic mass is 16.5. The van der Waals surface area contributed by atoms with Crippen molar-refractivity contribution in [1.82, 2.24) is 5.32 Å². The Morgan fingerprint density at radius 1 is 1.23 bits per heavy atom. The molecule has 0 aliphatic heterocycles. The van der Waals surface area contributed by atoms with Crippen molar-refractivity contribution in [2.24, 2.45) is 0 Å². The number of carboxylic acid groups (broad SMARTS) is 1. The van der Waals surface area contributed by atoms with E-state index in [-0.39, 0.29) is 18.2 Å². The van der Waals surface area contributed by atoms with Gasteiger partial charge in [0.05, 0.1) is 13.7 Å². The Morgan fingerprint density at radius 2 is 1.86 bits per heavy atom. The highest BCUT2D eigenvalue weighted by Gasteiger charge is 2.13. The van der Waals surface area contributed by atoms with Gasteiger partial charge in [-0.3, -0.25) is 4.79 Å². The molecule has 6 nitrogen and oxygen atoms in total. The summed E-state index contributed by atoms with van der Waals surface area (Å²) in [5, 5.41) is 11.5. The quantitative estimate of drug-likeness (QED) is 0.886. The van der Waals surface area contributed by atoms with Gasteiger partial charge in [0.25, 0.3) is 5.91 Å². The first-order valence-electron chi connectivity index (χ1n) is 6.67. The molecule has 1 aromatic heterocycles. The number of furan rings is 1. The molecule has 0 atom stereocenters. The molecule has 116 valence electrons. The van der Waals surface area contributed by atoms with Crippen LogP contribution < -0.4 is 10.1 Å². The zero-order chi connectivity index (χ0) is 16.3. The predicted molar refractivity (Wildman–Crippen MR) is 79.3 cm³/mol. The van der Waals surface area contributed by atoms with Crippen LogP contribution in [0.5, 0.6) is 5.75 Å². The standard InChI is InChI=1S/C16H17NO5/c1-9-6-11(7-10(2)14(9)21-3)15(18)17-8-12-4-5-13(22-12)16(19)20/h4-7H,8H2,1-3H3,(H,17,18)(H,19,20). The Labute approximate surface area is 127 Å². The second kappa shape index (κ2) is 6.34. The molecule has 0 spiro atoms. The van der Waals surface area contributed by atoms with Crippen molar-refractivity contribution in [3.8, 4) is 5.75 Å². The van der Waals surface area contributed by atoms with Gasteiger partial charge in [0.1, 0.15) is 11.5 Å². The van der Waals surface area contributed by atoms with Gasteiger partial charge in [0.2, 0.25) is 5.76 Å². The number of aromatic carboxylic acids is 1. The van der Waals surface area contributed by atoms with Crippen molar-refractivity contribution in [2.45, 2.75) is 20.4 Å². The number of ether oxygens (including phenoxy) is 1. The highest BCUT2D eigenvalue weighted by molar-refractivity contribution is 5.94. The minimum Gasteiger partial charge on any atom is -0.496 e. The largest absolute Gasteiger partial charge is 0.496 e. The molecular weight excluding hydrogens is 286 g/mol. The number of carbonyl (C=O) groups is 2. The third kappa shape index (κ3) is 3.28. The summed E-state index contributed by atoms with van der Waals surface area (Å²) in [5.41, 5.74) is 2.26. The van der Waals surface area contributed by atoms with Gasteiger partial charge in [-0.1, -0.05) is 0 Å². The van der Waals surface area contributed by atoms with E-state index < -0.39 is 5.97 Å². The van der Waals surface area contributed by atoms with E-state index >= 15 is 0 Å². The van der Waals surface area contributed by atoms with Crippen molar-refractivity contribution in [3.63, 3.8) is 0 Å². The second-order valence-electron chi connectivity index (χ2n) is 4.90. The summed E-state index contributed by atoms with van der Waals surface area (Å²) in [6.45, 7) is 3.86. The van der Waals surface area contributed by atoms with E-state index in [9.17, 15) is 9.59 Å². The van der Waals surface area contributed by atoms with E-state index in [1.54, 1.807) is 19.2 Å². The average molecular weight is 303 g/mol. The van der Waals surface area contributed by atoms with Crippen LogP contribution in [0.1, 0.15) is 37.8 Å². The van der Waals surface area contributed by atoms with E-state index in [4.69, 9.17) is 14.3 Å². The lowest BCUT2D eigenvalue weighted by atomic mass is 10.1. The molecular formula is C16H17NO5. The lowest BCUT2D eigenvalue weighted by molar-refractivity contribution is 0.0660. The Balaban J connectivity index is 2.07. The topological polar surface area (TPSA) is 88.8 Å². The monoisotopic (exact) mass is 303 g/mol. The average Bonchev–Trinajstić information content (AvgIpc) is 2.93. The number of hydrogen-bond acceptors (Lipinski definition) is 4. The van der Waals surface area contributed by atoms with E-state index in [0.29, 0.717) is 11.3 Å². The molecule has 1 aromatic carbocycles. The first-order valence-corrected chi connectivity index (χ1v) is 6.67. The van der Waals surface area contributed by atoms with Gasteiger partial charge < -0.3 is 19.6 Å². The Bertz CT molecular complexity index is 694. The van der Waals surface area contributed by atoms with Crippen molar-refractivity contribution in [2.75, 3.05) is 7.11 Å². The summed E-state index contributed by atoms with van der Waals surface area (Å²) < 4.78 is 10.3. The highest BCUT2D eigenvalue weighted by Crippen LogP contribution is 2.24. The number of carboxylic acids is 1. The summed E-state index contributed by atoms with van der Waals surface area (Å²) in [4.78, 5) is 22.9. The van der Waals surface area contributed by atoms with Crippen molar-refractivity contribution in [3.05, 3.63) is 52.5 Å². The predicted octanol–water partition coefficient (Wildman–Crippen LogP) is 2.53. The van der Waals surface area contributed by atoms with Crippen molar-refractivity contribution in [1.29, 1.82) is 0 Å². The lowest BCUT2D eigenvalue weighted by Gasteiger charge is -2.11. The molecule has 2 N–H and O–H groups in total. The van der Waals surface area contributed by atoms with Gasteiger partial charge in [0.15, 0.2) is 0 Å². The summed E-state index contributed by atoms with van der Waals surface area (Å²) in [5.74, 6) is -0.414. The number of benzene rings is 1. The molecule has 0 bridgehead atoms. The molecule has 0 aliphatic carbocycles. The van der Waals surface area contributed by atoms with Gasteiger partial charge in [0, 0.05) is 5.56 Å². The van der Waals surface area contributed by atoms with Gasteiger partial charge in [-0.2, -0.15) is 0 Å². The van der Waals surface area contributed by atoms with Crippen LogP contribution >= 0.6 is 0 Å². The lowest BCUT2D eigenvalue weighted by Crippen LogP contribution is -2.22. The fourth-order valence-electron chi connectivity index (χ4n) is 2.26. The number of nitrogens with one attached hydrogen (secondary N) is 1. The molecule has 2 aromatic rings. The fourth-order valence-corrected chi connectivity index (χ4v) is 2.26. The number of hydrogen-bond donors (Lipinski definition) is 2. The van der Waals surface area contributed by atoms with Crippen LogP contribution in [-0.2, 0) is 6.54 Å². The van der Waals surface area contributed by atoms with E-state index in [1.807, 2.05) is 13.8 Å². The minimum atomic E-state index is -1.14. The summed E-state index contributed by atoms with van der Waals surface area (Å²) >= 11 is 0. The third-order valence-electron chi connectivity index (χ3n) is 3.22. The maximum Gasteiger partial charge on any atom is 0.371 e. The van der Waals surface area contributed by atoms with Crippen molar-refractivity contribution < 1.29 is 23.8 Å². The number of rotatable bonds is 5. The molecule has 0 fully saturated rings. The molecule has 0 saturated carbocycles. The molecule has 0 aliphatic rings. The van der Waals surface area contributed by atoms with Crippen LogP contribution in [0, 0.1) is 13.8 Å². The fraction of sp³-hybridized carbons (Fsp3) is 0.250. The molecule has 22 heavy (non-hydrogen) atoms. The number of methoxy groups -OCH3 is 1. The van der Waals surface area contributed by atoms with E-state index in [2.05, 4.69) is 5.32 Å². The molecule has 0 unspecified atom stereocenters. The van der Waals surface area contributed by atoms with Crippen LogP contribution in [-0.4, -0.2) is 24.1 Å². The molecule has 0 saturated heterocycles. The summed E-state index contributed by atoms with van der Waals surface area (Å²) in [6.07, 6.45) is 0. The van der Waals surface area contributed by atoms with E-state index in [0.717, 1.165) is 16.9 Å². The molecule has 0 radical (unpaired) electrons. The number of aryl methyl sites for hydroxylation is 2. The SMILES string of the molecule is COc1c(C)cc(C(=O)NCc2ccc(C(=O)O)o2)cc1C. The Hall–Kier alpha value is -2.76. The minimum absolute atomic E-state index is 0.121. The van der Waals surface area contributed by atoms with Crippen LogP contribution in [0.3, 0.4) is 0 Å². The van der Waals surface area contributed by atoms with Crippen LogP contribution in [0.2, 0.25) is 0 Å². The third-order valence-corrected chi connectivity index (χ3v) is 3.22. The summed E-state index contributed by atoms with van der Waals surface area (Å²) in [7, 11) is 1.59. The molecule has 2 rings (SSSR count). The Kier molecular flexibility index (Phi) is 4.50. The maximum atomic E-state index is 12.2. The second-order valence-corrected chi connectivity index (χ2v) is 4.90. The first-order chi connectivity index (χ1) is 10.4. The van der Waals surface area contributed by atoms with Gasteiger partial charge in [-0.15, -0.1) is 0 Å². The van der Waals surface area contributed by atoms with Gasteiger partial charge in [-0.05, 0) is 49.2 Å². The van der Waals surface area contributed by atoms with E-state index in [1.165, 1.54) is 12.1 Å². The molecule has 6 heteroatoms. The van der Waals surface area contributed by atoms with Gasteiger partial charge >= 0.3 is 5.97 Å². The van der Waals surface area contributed by atoms with Crippen molar-refractivity contribution >= 4 is 11.9 Å². The van der Waals surface area contributed by atoms with Crippen LogP contribution in [0.4, 0.5) is 0 Å².